The molecule has 74 valence electrons. The van der Waals surface area contributed by atoms with Gasteiger partial charge in [-0.3, -0.25) is 4.79 Å². The zero-order valence-corrected chi connectivity index (χ0v) is 8.35. The first-order chi connectivity index (χ1) is 6.65. The van der Waals surface area contributed by atoms with Crippen LogP contribution in [0.4, 0.5) is 4.39 Å². The molecule has 0 aliphatic carbocycles. The fraction of sp³-hybridized carbons (Fsp3) is 0.182. The van der Waals surface area contributed by atoms with Gasteiger partial charge < -0.3 is 0 Å². The van der Waals surface area contributed by atoms with Crippen LogP contribution in [0.2, 0.25) is 5.02 Å². The monoisotopic (exact) mass is 212 g/mol. The smallest absolute Gasteiger partial charge is 0.163 e. The Hall–Kier alpha value is -1.15. The molecule has 0 aliphatic rings. The molecule has 0 N–H and O–H groups in total. The Bertz CT molecular complexity index is 360. The molecule has 0 aromatic heterocycles. The molecule has 1 nitrogen and oxygen atoms in total. The summed E-state index contributed by atoms with van der Waals surface area (Å²) in [5.41, 5.74) is 0.355. The van der Waals surface area contributed by atoms with Crippen molar-refractivity contribution in [3.05, 3.63) is 47.3 Å². The minimum absolute atomic E-state index is 0.0327. The van der Waals surface area contributed by atoms with E-state index in [0.29, 0.717) is 18.4 Å². The van der Waals surface area contributed by atoms with E-state index < -0.39 is 5.82 Å². The van der Waals surface area contributed by atoms with Gasteiger partial charge in [-0.25, -0.2) is 4.39 Å². The maximum absolute atomic E-state index is 13.0. The van der Waals surface area contributed by atoms with Crippen LogP contribution in [-0.2, 0) is 0 Å². The third-order valence-corrected chi connectivity index (χ3v) is 2.12. The highest BCUT2D eigenvalue weighted by atomic mass is 35.5. The van der Waals surface area contributed by atoms with Gasteiger partial charge >= 0.3 is 0 Å². The van der Waals surface area contributed by atoms with Crippen molar-refractivity contribution < 1.29 is 9.18 Å². The highest BCUT2D eigenvalue weighted by molar-refractivity contribution is 6.30. The van der Waals surface area contributed by atoms with Crippen LogP contribution in [0.1, 0.15) is 23.2 Å². The van der Waals surface area contributed by atoms with Gasteiger partial charge in [0.15, 0.2) is 5.78 Å². The lowest BCUT2D eigenvalue weighted by atomic mass is 10.1. The van der Waals surface area contributed by atoms with E-state index in [9.17, 15) is 9.18 Å². The summed E-state index contributed by atoms with van der Waals surface area (Å²) in [5, 5.41) is 0.0327. The van der Waals surface area contributed by atoms with Crippen LogP contribution in [0.5, 0.6) is 0 Å². The lowest BCUT2D eigenvalue weighted by Gasteiger charge is -2.00. The second-order valence-electron chi connectivity index (χ2n) is 2.88. The number of carbonyl (C=O) groups is 1. The van der Waals surface area contributed by atoms with Crippen molar-refractivity contribution in [3.8, 4) is 0 Å². The fourth-order valence-electron chi connectivity index (χ4n) is 1.05. The number of hydrogen-bond donors (Lipinski definition) is 0. The van der Waals surface area contributed by atoms with Gasteiger partial charge in [-0.2, -0.15) is 0 Å². The zero-order chi connectivity index (χ0) is 10.6. The van der Waals surface area contributed by atoms with Gasteiger partial charge in [-0.1, -0.05) is 17.7 Å². The van der Waals surface area contributed by atoms with Crippen molar-refractivity contribution in [2.24, 2.45) is 0 Å². The topological polar surface area (TPSA) is 17.1 Å². The predicted molar refractivity (Wildman–Crippen MR) is 55.2 cm³/mol. The van der Waals surface area contributed by atoms with E-state index in [-0.39, 0.29) is 10.8 Å². The molecule has 0 saturated carbocycles. The first-order valence-electron chi connectivity index (χ1n) is 4.24. The van der Waals surface area contributed by atoms with Crippen LogP contribution in [0.3, 0.4) is 0 Å². The Kier molecular flexibility index (Phi) is 3.84. The maximum atomic E-state index is 13.0. The van der Waals surface area contributed by atoms with Gasteiger partial charge in [0.2, 0.25) is 0 Å². The van der Waals surface area contributed by atoms with Crippen LogP contribution in [0, 0.1) is 5.82 Å². The molecule has 0 spiro atoms. The Balaban J connectivity index is 2.80. The quantitative estimate of drug-likeness (QED) is 0.550. The van der Waals surface area contributed by atoms with Crippen LogP contribution >= 0.6 is 11.6 Å². The maximum Gasteiger partial charge on any atom is 0.163 e. The average Bonchev–Trinajstić information content (AvgIpc) is 2.18. The van der Waals surface area contributed by atoms with E-state index >= 15 is 0 Å². The van der Waals surface area contributed by atoms with Gasteiger partial charge in [-0.15, -0.1) is 6.58 Å². The molecule has 1 rings (SSSR count). The second kappa shape index (κ2) is 4.91. The van der Waals surface area contributed by atoms with Crippen LogP contribution in [-0.4, -0.2) is 5.78 Å². The predicted octanol–water partition coefficient (Wildman–Crippen LogP) is 3.63. The lowest BCUT2D eigenvalue weighted by Crippen LogP contribution is -1.98. The number of ketones is 1. The molecule has 0 bridgehead atoms. The van der Waals surface area contributed by atoms with E-state index in [1.54, 1.807) is 6.08 Å². The number of Topliss-reactive ketones (excluding diaryl/α,β-unsaturated/α-hetero) is 1. The third kappa shape index (κ3) is 2.67. The molecule has 3 heteroatoms. The number of benzene rings is 1. The largest absolute Gasteiger partial charge is 0.294 e. The Morgan fingerprint density at radius 1 is 1.57 bits per heavy atom. The van der Waals surface area contributed by atoms with Crippen molar-refractivity contribution in [3.63, 3.8) is 0 Å². The van der Waals surface area contributed by atoms with Gasteiger partial charge in [0, 0.05) is 12.0 Å². The first kappa shape index (κ1) is 10.9. The summed E-state index contributed by atoms with van der Waals surface area (Å²) in [6.45, 7) is 3.51. The summed E-state index contributed by atoms with van der Waals surface area (Å²) < 4.78 is 13.0. The standard InChI is InChI=1S/C11H10ClFO/c1-2-3-4-11(14)8-5-6-9(12)10(13)7-8/h2,5-7H,1,3-4H2. The van der Waals surface area contributed by atoms with E-state index in [4.69, 9.17) is 11.6 Å². The first-order valence-corrected chi connectivity index (χ1v) is 4.62. The number of rotatable bonds is 4. The van der Waals surface area contributed by atoms with Crippen molar-refractivity contribution in [2.45, 2.75) is 12.8 Å². The van der Waals surface area contributed by atoms with Crippen LogP contribution in [0.25, 0.3) is 0 Å². The van der Waals surface area contributed by atoms with Gasteiger partial charge in [0.25, 0.3) is 0 Å². The number of allylic oxidation sites excluding steroid dienone is 1. The fourth-order valence-corrected chi connectivity index (χ4v) is 1.16. The SMILES string of the molecule is C=CCCC(=O)c1ccc(Cl)c(F)c1. The van der Waals surface area contributed by atoms with E-state index in [2.05, 4.69) is 6.58 Å². The molecule has 0 atom stereocenters. The third-order valence-electron chi connectivity index (χ3n) is 1.82. The molecule has 14 heavy (non-hydrogen) atoms. The van der Waals surface area contributed by atoms with Gasteiger partial charge in [0.1, 0.15) is 5.82 Å². The van der Waals surface area contributed by atoms with Crippen molar-refractivity contribution in [1.29, 1.82) is 0 Å². The molecule has 1 aromatic carbocycles. The van der Waals surface area contributed by atoms with Crippen molar-refractivity contribution >= 4 is 17.4 Å². The summed E-state index contributed by atoms with van der Waals surface area (Å²) in [4.78, 5) is 11.4. The molecule has 1 aromatic rings. The summed E-state index contributed by atoms with van der Waals surface area (Å²) in [6, 6.07) is 4.07. The molecule has 0 heterocycles. The van der Waals surface area contributed by atoms with E-state index in [1.807, 2.05) is 0 Å². The van der Waals surface area contributed by atoms with Crippen molar-refractivity contribution in [2.75, 3.05) is 0 Å². The molecule has 0 radical (unpaired) electrons. The summed E-state index contributed by atoms with van der Waals surface area (Å²) >= 11 is 5.49. The Morgan fingerprint density at radius 3 is 2.86 bits per heavy atom. The van der Waals surface area contributed by atoms with Crippen molar-refractivity contribution in [1.82, 2.24) is 0 Å². The summed E-state index contributed by atoms with van der Waals surface area (Å²) in [7, 11) is 0. The molecule has 0 saturated heterocycles. The molecular weight excluding hydrogens is 203 g/mol. The van der Waals surface area contributed by atoms with Crippen LogP contribution < -0.4 is 0 Å². The summed E-state index contributed by atoms with van der Waals surface area (Å²) in [5.74, 6) is -0.656. The normalized spacial score (nSPS) is 9.86. The summed E-state index contributed by atoms with van der Waals surface area (Å²) in [6.07, 6.45) is 2.61. The molecule has 0 fully saturated rings. The average molecular weight is 213 g/mol. The van der Waals surface area contributed by atoms with Crippen LogP contribution in [0.15, 0.2) is 30.9 Å². The molecule has 0 unspecified atom stereocenters. The van der Waals surface area contributed by atoms with Gasteiger partial charge in [-0.05, 0) is 24.6 Å². The number of halogens is 2. The Morgan fingerprint density at radius 2 is 2.29 bits per heavy atom. The van der Waals surface area contributed by atoms with E-state index in [0.717, 1.165) is 6.07 Å². The van der Waals surface area contributed by atoms with E-state index in [1.165, 1.54) is 12.1 Å². The molecule has 0 aliphatic heterocycles. The highest BCUT2D eigenvalue weighted by Gasteiger charge is 2.07. The number of hydrogen-bond acceptors (Lipinski definition) is 1. The second-order valence-corrected chi connectivity index (χ2v) is 3.29. The molecular formula is C11H10ClFO. The minimum atomic E-state index is -0.559. The highest BCUT2D eigenvalue weighted by Crippen LogP contribution is 2.16. The Labute approximate surface area is 87.2 Å². The minimum Gasteiger partial charge on any atom is -0.294 e. The van der Waals surface area contributed by atoms with Gasteiger partial charge in [0.05, 0.1) is 5.02 Å². The molecule has 0 amide bonds. The lowest BCUT2D eigenvalue weighted by molar-refractivity contribution is 0.0983. The number of carbonyl (C=O) groups excluding carboxylic acids is 1. The zero-order valence-electron chi connectivity index (χ0n) is 7.59.